The van der Waals surface area contributed by atoms with E-state index in [1.807, 2.05) is 47.8 Å². The number of carbonyl (C=O) groups excluding carboxylic acids is 1. The molecule has 0 fully saturated rings. The molecule has 1 N–H and O–H groups in total. The van der Waals surface area contributed by atoms with Crippen molar-refractivity contribution < 1.29 is 13.6 Å². The Morgan fingerprint density at radius 1 is 1.06 bits per heavy atom. The molecule has 0 aliphatic carbocycles. The number of thiazole rings is 1. The fourth-order valence-electron chi connectivity index (χ4n) is 3.32. The molecule has 31 heavy (non-hydrogen) atoms. The first-order valence-electron chi connectivity index (χ1n) is 9.87. The number of furan rings is 1. The van der Waals surface area contributed by atoms with Gasteiger partial charge in [0.1, 0.15) is 16.6 Å². The van der Waals surface area contributed by atoms with Crippen molar-refractivity contribution in [1.82, 2.24) is 15.2 Å². The largest absolute Gasteiger partial charge is 0.468 e. The Labute approximate surface area is 184 Å². The molecular formula is C24H22FN3O2S. The normalized spacial score (nSPS) is 11.1. The average molecular weight is 436 g/mol. The average Bonchev–Trinajstić information content (AvgIpc) is 3.46. The minimum absolute atomic E-state index is 0.109. The van der Waals surface area contributed by atoms with E-state index in [9.17, 15) is 9.18 Å². The number of benzene rings is 2. The fraction of sp³-hybridized carbons (Fsp3) is 0.167. The fourth-order valence-corrected chi connectivity index (χ4v) is 4.16. The second-order valence-electron chi connectivity index (χ2n) is 7.12. The summed E-state index contributed by atoms with van der Waals surface area (Å²) in [7, 11) is 1.62. The van der Waals surface area contributed by atoms with Gasteiger partial charge in [-0.2, -0.15) is 0 Å². The van der Waals surface area contributed by atoms with Crippen molar-refractivity contribution in [2.45, 2.75) is 19.6 Å². The van der Waals surface area contributed by atoms with E-state index in [0.717, 1.165) is 17.0 Å². The van der Waals surface area contributed by atoms with Gasteiger partial charge in [0.15, 0.2) is 0 Å². The summed E-state index contributed by atoms with van der Waals surface area (Å²) in [6.45, 7) is 1.85. The third kappa shape index (κ3) is 5.25. The van der Waals surface area contributed by atoms with Crippen molar-refractivity contribution in [3.63, 3.8) is 0 Å². The number of amides is 1. The summed E-state index contributed by atoms with van der Waals surface area (Å²) in [5.41, 5.74) is 3.08. The standard InChI is InChI=1S/C24H22FN3O2S/c1-26-23(29)18-10-8-17(9-11-18)13-28(15-20-5-4-12-30-20)14-19-16-31-24(27-19)21-6-2-3-7-22(21)25/h2-12,16H,13-15H2,1H3,(H,26,29). The highest BCUT2D eigenvalue weighted by Crippen LogP contribution is 2.27. The summed E-state index contributed by atoms with van der Waals surface area (Å²) in [5, 5.41) is 5.26. The maximum Gasteiger partial charge on any atom is 0.251 e. The number of aromatic nitrogens is 1. The quantitative estimate of drug-likeness (QED) is 0.418. The summed E-state index contributed by atoms with van der Waals surface area (Å²) in [5.74, 6) is 0.473. The Bertz CT molecular complexity index is 1140. The first-order chi connectivity index (χ1) is 15.1. The monoisotopic (exact) mass is 435 g/mol. The molecule has 4 aromatic rings. The number of rotatable bonds is 8. The lowest BCUT2D eigenvalue weighted by atomic mass is 10.1. The van der Waals surface area contributed by atoms with Crippen molar-refractivity contribution in [3.05, 3.63) is 101 Å². The van der Waals surface area contributed by atoms with Gasteiger partial charge < -0.3 is 9.73 Å². The zero-order valence-electron chi connectivity index (χ0n) is 17.0. The number of carbonyl (C=O) groups is 1. The van der Waals surface area contributed by atoms with Crippen LogP contribution in [0.4, 0.5) is 4.39 Å². The predicted octanol–water partition coefficient (Wildman–Crippen LogP) is 5.10. The highest BCUT2D eigenvalue weighted by atomic mass is 32.1. The van der Waals surface area contributed by atoms with E-state index in [1.54, 1.807) is 25.4 Å². The minimum atomic E-state index is -0.271. The highest BCUT2D eigenvalue weighted by molar-refractivity contribution is 7.13. The van der Waals surface area contributed by atoms with Crippen LogP contribution >= 0.6 is 11.3 Å². The lowest BCUT2D eigenvalue weighted by Gasteiger charge is -2.20. The van der Waals surface area contributed by atoms with E-state index in [2.05, 4.69) is 15.2 Å². The minimum Gasteiger partial charge on any atom is -0.468 e. The van der Waals surface area contributed by atoms with E-state index in [-0.39, 0.29) is 11.7 Å². The SMILES string of the molecule is CNC(=O)c1ccc(CN(Cc2csc(-c3ccccc3F)n2)Cc2ccco2)cc1. The summed E-state index contributed by atoms with van der Waals surface area (Å²) in [4.78, 5) is 18.6. The molecule has 0 spiro atoms. The van der Waals surface area contributed by atoms with Crippen LogP contribution in [0.1, 0.15) is 27.4 Å². The van der Waals surface area contributed by atoms with Gasteiger partial charge in [-0.1, -0.05) is 24.3 Å². The molecule has 158 valence electrons. The molecule has 0 aliphatic rings. The summed E-state index contributed by atoms with van der Waals surface area (Å²) >= 11 is 1.44. The number of hydrogen-bond acceptors (Lipinski definition) is 5. The van der Waals surface area contributed by atoms with Gasteiger partial charge >= 0.3 is 0 Å². The van der Waals surface area contributed by atoms with Crippen LogP contribution in [0.2, 0.25) is 0 Å². The van der Waals surface area contributed by atoms with Gasteiger partial charge in [-0.25, -0.2) is 9.37 Å². The first kappa shape index (κ1) is 21.0. The topological polar surface area (TPSA) is 58.4 Å². The Kier molecular flexibility index (Phi) is 6.54. The molecule has 0 radical (unpaired) electrons. The molecule has 0 saturated heterocycles. The van der Waals surface area contributed by atoms with E-state index in [4.69, 9.17) is 4.42 Å². The van der Waals surface area contributed by atoms with Crippen molar-refractivity contribution in [2.75, 3.05) is 7.05 Å². The van der Waals surface area contributed by atoms with Crippen LogP contribution in [0.3, 0.4) is 0 Å². The Morgan fingerprint density at radius 2 is 1.87 bits per heavy atom. The Hall–Kier alpha value is -3.29. The highest BCUT2D eigenvalue weighted by Gasteiger charge is 2.14. The predicted molar refractivity (Wildman–Crippen MR) is 119 cm³/mol. The van der Waals surface area contributed by atoms with Gasteiger partial charge in [0.05, 0.1) is 18.5 Å². The van der Waals surface area contributed by atoms with Crippen LogP contribution < -0.4 is 5.32 Å². The Morgan fingerprint density at radius 3 is 2.58 bits per heavy atom. The van der Waals surface area contributed by atoms with Crippen LogP contribution in [0.5, 0.6) is 0 Å². The summed E-state index contributed by atoms with van der Waals surface area (Å²) in [6, 6.07) is 18.0. The van der Waals surface area contributed by atoms with Crippen LogP contribution in [-0.4, -0.2) is 22.8 Å². The van der Waals surface area contributed by atoms with Crippen molar-refractivity contribution in [2.24, 2.45) is 0 Å². The van der Waals surface area contributed by atoms with Gasteiger partial charge in [0.2, 0.25) is 0 Å². The molecule has 2 aromatic heterocycles. The number of nitrogens with zero attached hydrogens (tertiary/aromatic N) is 2. The van der Waals surface area contributed by atoms with Gasteiger partial charge in [-0.3, -0.25) is 9.69 Å². The van der Waals surface area contributed by atoms with Crippen molar-refractivity contribution in [1.29, 1.82) is 0 Å². The van der Waals surface area contributed by atoms with Gasteiger partial charge in [0, 0.05) is 36.6 Å². The molecule has 2 aromatic carbocycles. The second-order valence-corrected chi connectivity index (χ2v) is 7.98. The van der Waals surface area contributed by atoms with Gasteiger partial charge in [-0.15, -0.1) is 11.3 Å². The molecule has 5 nitrogen and oxygen atoms in total. The molecule has 1 amide bonds. The number of halogens is 1. The molecule has 0 aliphatic heterocycles. The van der Waals surface area contributed by atoms with E-state index in [0.29, 0.717) is 35.8 Å². The number of hydrogen-bond donors (Lipinski definition) is 1. The van der Waals surface area contributed by atoms with Crippen LogP contribution in [-0.2, 0) is 19.6 Å². The molecule has 0 unspecified atom stereocenters. The lowest BCUT2D eigenvalue weighted by Crippen LogP contribution is -2.22. The van der Waals surface area contributed by atoms with Gasteiger partial charge in [-0.05, 0) is 42.0 Å². The molecule has 0 atom stereocenters. The Balaban J connectivity index is 1.52. The zero-order valence-corrected chi connectivity index (χ0v) is 17.9. The molecule has 2 heterocycles. The van der Waals surface area contributed by atoms with Crippen LogP contribution in [0, 0.1) is 5.82 Å². The van der Waals surface area contributed by atoms with Gasteiger partial charge in [0.25, 0.3) is 5.91 Å². The molecule has 7 heteroatoms. The summed E-state index contributed by atoms with van der Waals surface area (Å²) in [6.07, 6.45) is 1.66. The third-order valence-electron chi connectivity index (χ3n) is 4.85. The second kappa shape index (κ2) is 9.68. The van der Waals surface area contributed by atoms with E-state index in [1.165, 1.54) is 17.4 Å². The van der Waals surface area contributed by atoms with E-state index >= 15 is 0 Å². The van der Waals surface area contributed by atoms with Crippen molar-refractivity contribution >= 4 is 17.2 Å². The zero-order chi connectivity index (χ0) is 21.6. The smallest absolute Gasteiger partial charge is 0.251 e. The maximum absolute atomic E-state index is 14.1. The molecule has 4 rings (SSSR count). The molecule has 0 bridgehead atoms. The molecular weight excluding hydrogens is 413 g/mol. The maximum atomic E-state index is 14.1. The summed E-state index contributed by atoms with van der Waals surface area (Å²) < 4.78 is 19.6. The third-order valence-corrected chi connectivity index (χ3v) is 5.77. The van der Waals surface area contributed by atoms with Crippen LogP contribution in [0.15, 0.2) is 76.7 Å². The van der Waals surface area contributed by atoms with E-state index < -0.39 is 0 Å². The molecule has 0 saturated carbocycles. The number of nitrogens with one attached hydrogen (secondary N) is 1. The van der Waals surface area contributed by atoms with Crippen LogP contribution in [0.25, 0.3) is 10.6 Å². The first-order valence-corrected chi connectivity index (χ1v) is 10.8. The lowest BCUT2D eigenvalue weighted by molar-refractivity contribution is 0.0963. The van der Waals surface area contributed by atoms with Crippen molar-refractivity contribution in [3.8, 4) is 10.6 Å².